The van der Waals surface area contributed by atoms with Crippen molar-refractivity contribution in [2.75, 3.05) is 11.2 Å². The first-order chi connectivity index (χ1) is 14.5. The van der Waals surface area contributed by atoms with E-state index in [1.165, 1.54) is 6.26 Å². The Balaban J connectivity index is 1.97. The second-order valence-electron chi connectivity index (χ2n) is 6.95. The zero-order valence-electron chi connectivity index (χ0n) is 16.5. The standard InChI is InChI=1S/C24H21N3O2S/c1-30(28,29)23-13-5-12-22(16-23)27(21-10-3-2-4-11-21)24(19-8-6-14-25-17-19)20-9-7-15-26-18-20/h2-18,24H,1H3. The van der Waals surface area contributed by atoms with E-state index >= 15 is 0 Å². The van der Waals surface area contributed by atoms with Crippen LogP contribution in [0.1, 0.15) is 17.2 Å². The second-order valence-corrected chi connectivity index (χ2v) is 8.97. The summed E-state index contributed by atoms with van der Waals surface area (Å²) in [7, 11) is -3.35. The molecule has 0 fully saturated rings. The number of pyridine rings is 2. The summed E-state index contributed by atoms with van der Waals surface area (Å²) in [6.45, 7) is 0. The fraction of sp³-hybridized carbons (Fsp3) is 0.0833. The van der Waals surface area contributed by atoms with E-state index in [0.717, 1.165) is 22.5 Å². The van der Waals surface area contributed by atoms with Crippen LogP contribution in [-0.2, 0) is 9.84 Å². The first-order valence-corrected chi connectivity index (χ1v) is 11.4. The van der Waals surface area contributed by atoms with Crippen LogP contribution >= 0.6 is 0 Å². The van der Waals surface area contributed by atoms with Gasteiger partial charge in [-0.25, -0.2) is 8.42 Å². The molecule has 0 saturated heterocycles. The average molecular weight is 416 g/mol. The summed E-state index contributed by atoms with van der Waals surface area (Å²) in [6, 6.07) is 24.5. The molecular weight excluding hydrogens is 394 g/mol. The van der Waals surface area contributed by atoms with Crippen molar-refractivity contribution in [3.63, 3.8) is 0 Å². The fourth-order valence-electron chi connectivity index (χ4n) is 3.47. The molecule has 0 unspecified atom stereocenters. The minimum atomic E-state index is -3.35. The van der Waals surface area contributed by atoms with Crippen LogP contribution in [0.15, 0.2) is 109 Å². The third-order valence-electron chi connectivity index (χ3n) is 4.82. The van der Waals surface area contributed by atoms with Crippen molar-refractivity contribution < 1.29 is 8.42 Å². The highest BCUT2D eigenvalue weighted by Crippen LogP contribution is 2.39. The van der Waals surface area contributed by atoms with E-state index in [4.69, 9.17) is 0 Å². The number of para-hydroxylation sites is 1. The molecule has 0 aliphatic heterocycles. The van der Waals surface area contributed by atoms with E-state index < -0.39 is 9.84 Å². The molecule has 4 aromatic rings. The van der Waals surface area contributed by atoms with Gasteiger partial charge in [0, 0.05) is 42.4 Å². The molecule has 4 rings (SSSR count). The van der Waals surface area contributed by atoms with Crippen molar-refractivity contribution in [3.8, 4) is 0 Å². The van der Waals surface area contributed by atoms with Gasteiger partial charge in [0.25, 0.3) is 0 Å². The number of hydrogen-bond donors (Lipinski definition) is 0. The normalized spacial score (nSPS) is 11.4. The Morgan fingerprint density at radius 1 is 0.733 bits per heavy atom. The van der Waals surface area contributed by atoms with Crippen molar-refractivity contribution in [3.05, 3.63) is 115 Å². The predicted molar refractivity (Wildman–Crippen MR) is 118 cm³/mol. The van der Waals surface area contributed by atoms with Gasteiger partial charge in [0.2, 0.25) is 0 Å². The Labute approximate surface area is 176 Å². The predicted octanol–water partition coefficient (Wildman–Crippen LogP) is 4.81. The van der Waals surface area contributed by atoms with Crippen LogP contribution in [0.5, 0.6) is 0 Å². The van der Waals surface area contributed by atoms with Crippen molar-refractivity contribution in [2.24, 2.45) is 0 Å². The largest absolute Gasteiger partial charge is 0.330 e. The molecule has 0 radical (unpaired) electrons. The molecule has 0 aliphatic carbocycles. The van der Waals surface area contributed by atoms with E-state index in [1.807, 2.05) is 73.1 Å². The molecule has 0 bridgehead atoms. The Kier molecular flexibility index (Phi) is 5.59. The summed E-state index contributed by atoms with van der Waals surface area (Å²) in [6.07, 6.45) is 8.35. The molecule has 2 heterocycles. The summed E-state index contributed by atoms with van der Waals surface area (Å²) >= 11 is 0. The molecule has 5 nitrogen and oxygen atoms in total. The van der Waals surface area contributed by atoms with Crippen LogP contribution in [0.4, 0.5) is 11.4 Å². The molecule has 2 aromatic heterocycles. The molecule has 6 heteroatoms. The van der Waals surface area contributed by atoms with Crippen molar-refractivity contribution in [1.82, 2.24) is 9.97 Å². The molecule has 0 spiro atoms. The smallest absolute Gasteiger partial charge is 0.175 e. The number of benzene rings is 2. The molecule has 30 heavy (non-hydrogen) atoms. The van der Waals surface area contributed by atoms with E-state index in [0.29, 0.717) is 0 Å². The van der Waals surface area contributed by atoms with Gasteiger partial charge in [-0.2, -0.15) is 0 Å². The highest BCUT2D eigenvalue weighted by atomic mass is 32.2. The van der Waals surface area contributed by atoms with Gasteiger partial charge in [-0.15, -0.1) is 0 Å². The van der Waals surface area contributed by atoms with Crippen LogP contribution in [-0.4, -0.2) is 24.6 Å². The average Bonchev–Trinajstić information content (AvgIpc) is 2.78. The van der Waals surface area contributed by atoms with E-state index in [9.17, 15) is 8.42 Å². The maximum Gasteiger partial charge on any atom is 0.175 e. The molecular formula is C24H21N3O2S. The van der Waals surface area contributed by atoms with Crippen molar-refractivity contribution in [2.45, 2.75) is 10.9 Å². The van der Waals surface area contributed by atoms with Gasteiger partial charge in [-0.05, 0) is 53.6 Å². The first-order valence-electron chi connectivity index (χ1n) is 9.48. The van der Waals surface area contributed by atoms with E-state index in [1.54, 1.807) is 30.6 Å². The van der Waals surface area contributed by atoms with Crippen molar-refractivity contribution in [1.29, 1.82) is 0 Å². The number of hydrogen-bond acceptors (Lipinski definition) is 5. The lowest BCUT2D eigenvalue weighted by Crippen LogP contribution is -2.25. The summed E-state index contributed by atoms with van der Waals surface area (Å²) in [5, 5.41) is 0. The van der Waals surface area contributed by atoms with Crippen LogP contribution in [0.2, 0.25) is 0 Å². The van der Waals surface area contributed by atoms with Crippen LogP contribution in [0.3, 0.4) is 0 Å². The zero-order chi connectivity index (χ0) is 21.0. The quantitative estimate of drug-likeness (QED) is 0.452. The van der Waals surface area contributed by atoms with Gasteiger partial charge in [0.15, 0.2) is 9.84 Å². The minimum absolute atomic E-state index is 0.246. The molecule has 0 saturated carbocycles. The number of aromatic nitrogens is 2. The van der Waals surface area contributed by atoms with Gasteiger partial charge in [-0.1, -0.05) is 36.4 Å². The Bertz CT molecular complexity index is 1180. The van der Waals surface area contributed by atoms with Crippen LogP contribution in [0, 0.1) is 0 Å². The maximum absolute atomic E-state index is 12.2. The number of anilines is 2. The molecule has 0 atom stereocenters. The molecule has 0 amide bonds. The topological polar surface area (TPSA) is 63.2 Å². The van der Waals surface area contributed by atoms with Gasteiger partial charge in [0.05, 0.1) is 10.9 Å². The van der Waals surface area contributed by atoms with Gasteiger partial charge in [0.1, 0.15) is 0 Å². The number of sulfone groups is 1. The van der Waals surface area contributed by atoms with Gasteiger partial charge in [-0.3, -0.25) is 9.97 Å². The fourth-order valence-corrected chi connectivity index (χ4v) is 4.13. The first kappa shape index (κ1) is 19.8. The van der Waals surface area contributed by atoms with E-state index in [-0.39, 0.29) is 10.9 Å². The lowest BCUT2D eigenvalue weighted by Gasteiger charge is -2.34. The second kappa shape index (κ2) is 8.47. The monoisotopic (exact) mass is 415 g/mol. The number of nitrogens with zero attached hydrogens (tertiary/aromatic N) is 3. The molecule has 2 aromatic carbocycles. The molecule has 150 valence electrons. The summed E-state index contributed by atoms with van der Waals surface area (Å²) in [5.41, 5.74) is 3.64. The Morgan fingerprint density at radius 2 is 1.33 bits per heavy atom. The highest BCUT2D eigenvalue weighted by Gasteiger charge is 2.25. The third-order valence-corrected chi connectivity index (χ3v) is 5.93. The minimum Gasteiger partial charge on any atom is -0.330 e. The van der Waals surface area contributed by atoms with Gasteiger partial charge >= 0.3 is 0 Å². The summed E-state index contributed by atoms with van der Waals surface area (Å²) < 4.78 is 24.4. The molecule has 0 aliphatic rings. The highest BCUT2D eigenvalue weighted by molar-refractivity contribution is 7.90. The summed E-state index contributed by atoms with van der Waals surface area (Å²) in [5.74, 6) is 0. The zero-order valence-corrected chi connectivity index (χ0v) is 17.3. The Hall–Kier alpha value is -3.51. The Morgan fingerprint density at radius 3 is 1.87 bits per heavy atom. The van der Waals surface area contributed by atoms with E-state index in [2.05, 4.69) is 14.9 Å². The number of rotatable bonds is 6. The molecule has 0 N–H and O–H groups in total. The van der Waals surface area contributed by atoms with Crippen LogP contribution < -0.4 is 4.90 Å². The maximum atomic E-state index is 12.2. The summed E-state index contributed by atoms with van der Waals surface area (Å²) in [4.78, 5) is 11.0. The SMILES string of the molecule is CS(=O)(=O)c1cccc(N(c2ccccc2)C(c2cccnc2)c2cccnc2)c1. The van der Waals surface area contributed by atoms with Gasteiger partial charge < -0.3 is 4.90 Å². The van der Waals surface area contributed by atoms with Crippen LogP contribution in [0.25, 0.3) is 0 Å². The lowest BCUT2D eigenvalue weighted by molar-refractivity contribution is 0.602. The third kappa shape index (κ3) is 4.23. The van der Waals surface area contributed by atoms with Crippen molar-refractivity contribution >= 4 is 21.2 Å². The lowest BCUT2D eigenvalue weighted by atomic mass is 9.98.